The molecule has 2 aliphatic rings. The van der Waals surface area contributed by atoms with E-state index in [-0.39, 0.29) is 0 Å². The van der Waals surface area contributed by atoms with Crippen molar-refractivity contribution in [2.45, 2.75) is 69.2 Å². The number of hydrogen-bond donors (Lipinski definition) is 0. The van der Waals surface area contributed by atoms with Gasteiger partial charge in [0.15, 0.2) is 0 Å². The lowest BCUT2D eigenvalue weighted by molar-refractivity contribution is 0.0715. The molecular weight excluding hydrogens is 290 g/mol. The number of rotatable bonds is 5. The van der Waals surface area contributed by atoms with Crippen molar-refractivity contribution < 1.29 is 0 Å². The first-order valence-corrected chi connectivity index (χ1v) is 9.42. The highest BCUT2D eigenvalue weighted by Crippen LogP contribution is 2.50. The van der Waals surface area contributed by atoms with Gasteiger partial charge < -0.3 is 4.90 Å². The predicted molar refractivity (Wildman–Crippen MR) is 95.6 cm³/mol. The summed E-state index contributed by atoms with van der Waals surface area (Å²) in [6, 6.07) is 9.37. The van der Waals surface area contributed by atoms with E-state index in [9.17, 15) is 0 Å². The third kappa shape index (κ3) is 3.21. The lowest BCUT2D eigenvalue weighted by Gasteiger charge is -2.52. The molecule has 0 spiro atoms. The molecule has 0 heterocycles. The summed E-state index contributed by atoms with van der Waals surface area (Å²) < 4.78 is 0. The Kier molecular flexibility index (Phi) is 5.14. The quantitative estimate of drug-likeness (QED) is 0.676. The van der Waals surface area contributed by atoms with Gasteiger partial charge in [-0.3, -0.25) is 0 Å². The molecule has 2 fully saturated rings. The van der Waals surface area contributed by atoms with Crippen molar-refractivity contribution in [2.24, 2.45) is 5.92 Å². The summed E-state index contributed by atoms with van der Waals surface area (Å²) in [5.41, 5.74) is 1.88. The fourth-order valence-corrected chi connectivity index (χ4v) is 4.95. The van der Waals surface area contributed by atoms with Crippen LogP contribution in [0.5, 0.6) is 0 Å². The molecule has 0 aliphatic heterocycles. The van der Waals surface area contributed by atoms with E-state index >= 15 is 0 Å². The van der Waals surface area contributed by atoms with Gasteiger partial charge in [-0.2, -0.15) is 0 Å². The second-order valence-electron chi connectivity index (χ2n) is 7.74. The zero-order valence-corrected chi connectivity index (χ0v) is 14.9. The van der Waals surface area contributed by atoms with Gasteiger partial charge in [0, 0.05) is 16.5 Å². The second kappa shape index (κ2) is 6.93. The number of hydrogen-bond acceptors (Lipinski definition) is 1. The summed E-state index contributed by atoms with van der Waals surface area (Å²) in [7, 11) is 4.56. The lowest BCUT2D eigenvalue weighted by Crippen LogP contribution is -2.53. The number of halogens is 1. The average molecular weight is 320 g/mol. The minimum Gasteiger partial charge on any atom is -0.306 e. The maximum atomic E-state index is 6.11. The zero-order chi connectivity index (χ0) is 15.6. The van der Waals surface area contributed by atoms with E-state index in [1.54, 1.807) is 0 Å². The van der Waals surface area contributed by atoms with Crippen molar-refractivity contribution in [2.75, 3.05) is 14.1 Å². The summed E-state index contributed by atoms with van der Waals surface area (Å²) in [5.74, 6) is 0.936. The van der Waals surface area contributed by atoms with Crippen LogP contribution < -0.4 is 0 Å². The van der Waals surface area contributed by atoms with Crippen LogP contribution in [0.15, 0.2) is 24.3 Å². The minimum absolute atomic E-state index is 0.367. The van der Waals surface area contributed by atoms with Crippen LogP contribution in [0.4, 0.5) is 0 Å². The average Bonchev–Trinajstić information content (AvgIpc) is 2.48. The van der Waals surface area contributed by atoms with Crippen LogP contribution in [0.2, 0.25) is 5.02 Å². The molecule has 2 heteroatoms. The molecule has 22 heavy (non-hydrogen) atoms. The molecule has 122 valence electrons. The van der Waals surface area contributed by atoms with Gasteiger partial charge in [-0.25, -0.2) is 0 Å². The second-order valence-corrected chi connectivity index (χ2v) is 8.17. The van der Waals surface area contributed by atoms with Crippen LogP contribution in [-0.4, -0.2) is 25.0 Å². The van der Waals surface area contributed by atoms with E-state index < -0.39 is 0 Å². The molecule has 1 aromatic carbocycles. The highest BCUT2D eigenvalue weighted by Gasteiger charge is 2.46. The molecule has 0 saturated heterocycles. The highest BCUT2D eigenvalue weighted by atomic mass is 35.5. The van der Waals surface area contributed by atoms with Gasteiger partial charge in [-0.1, -0.05) is 62.3 Å². The summed E-state index contributed by atoms with van der Waals surface area (Å²) in [6.07, 6.45) is 12.6. The van der Waals surface area contributed by atoms with Crippen molar-refractivity contribution in [1.29, 1.82) is 0 Å². The van der Waals surface area contributed by atoms with E-state index in [2.05, 4.69) is 43.3 Å². The molecule has 0 radical (unpaired) electrons. The SMILES string of the molecule is CN(C)C(CC1CCCCC1)C1(c2ccc(Cl)cc2)CCC1. The maximum absolute atomic E-state index is 6.11. The Hall–Kier alpha value is -0.530. The Morgan fingerprint density at radius 1 is 1.05 bits per heavy atom. The third-order valence-corrected chi connectivity index (χ3v) is 6.46. The molecule has 0 bridgehead atoms. The molecule has 1 unspecified atom stereocenters. The standard InChI is InChI=1S/C20H30ClN/c1-22(2)19(15-16-7-4-3-5-8-16)20(13-6-14-20)17-9-11-18(21)12-10-17/h9-12,16,19H,3-8,13-15H2,1-2H3. The summed E-state index contributed by atoms with van der Waals surface area (Å²) >= 11 is 6.11. The van der Waals surface area contributed by atoms with Crippen LogP contribution >= 0.6 is 11.6 Å². The van der Waals surface area contributed by atoms with Crippen LogP contribution in [0, 0.1) is 5.92 Å². The van der Waals surface area contributed by atoms with Crippen molar-refractivity contribution in [3.63, 3.8) is 0 Å². The monoisotopic (exact) mass is 319 g/mol. The Bertz CT molecular complexity index is 469. The Labute approximate surface area is 141 Å². The summed E-state index contributed by atoms with van der Waals surface area (Å²) in [6.45, 7) is 0. The topological polar surface area (TPSA) is 3.24 Å². The molecule has 3 rings (SSSR count). The smallest absolute Gasteiger partial charge is 0.0406 e. The molecule has 0 amide bonds. The van der Waals surface area contributed by atoms with Gasteiger partial charge in [0.1, 0.15) is 0 Å². The predicted octanol–water partition coefficient (Wildman–Crippen LogP) is 5.66. The minimum atomic E-state index is 0.367. The Balaban J connectivity index is 1.82. The van der Waals surface area contributed by atoms with Crippen LogP contribution in [0.3, 0.4) is 0 Å². The van der Waals surface area contributed by atoms with Crippen LogP contribution in [0.25, 0.3) is 0 Å². The molecule has 0 aromatic heterocycles. The summed E-state index contributed by atoms with van der Waals surface area (Å²) in [4.78, 5) is 2.50. The first kappa shape index (κ1) is 16.3. The number of benzene rings is 1. The van der Waals surface area contributed by atoms with E-state index in [0.29, 0.717) is 11.5 Å². The summed E-state index contributed by atoms with van der Waals surface area (Å²) in [5, 5.41) is 0.854. The highest BCUT2D eigenvalue weighted by molar-refractivity contribution is 6.30. The molecule has 2 saturated carbocycles. The number of likely N-dealkylation sites (N-methyl/N-ethyl adjacent to an activating group) is 1. The van der Waals surface area contributed by atoms with Gasteiger partial charge in [0.25, 0.3) is 0 Å². The van der Waals surface area contributed by atoms with Crippen molar-refractivity contribution >= 4 is 11.6 Å². The fraction of sp³-hybridized carbons (Fsp3) is 0.700. The van der Waals surface area contributed by atoms with E-state index in [1.807, 2.05) is 0 Å². The fourth-order valence-electron chi connectivity index (χ4n) is 4.82. The van der Waals surface area contributed by atoms with Gasteiger partial charge in [0.05, 0.1) is 0 Å². The van der Waals surface area contributed by atoms with E-state index in [4.69, 9.17) is 11.6 Å². The van der Waals surface area contributed by atoms with Crippen molar-refractivity contribution in [3.8, 4) is 0 Å². The third-order valence-electron chi connectivity index (χ3n) is 6.21. The van der Waals surface area contributed by atoms with Crippen LogP contribution in [0.1, 0.15) is 63.4 Å². The molecule has 2 aliphatic carbocycles. The maximum Gasteiger partial charge on any atom is 0.0406 e. The van der Waals surface area contributed by atoms with Crippen molar-refractivity contribution in [3.05, 3.63) is 34.9 Å². The molecule has 1 aromatic rings. The van der Waals surface area contributed by atoms with Gasteiger partial charge in [0.2, 0.25) is 0 Å². The first-order chi connectivity index (χ1) is 10.6. The van der Waals surface area contributed by atoms with Crippen molar-refractivity contribution in [1.82, 2.24) is 4.90 Å². The molecular formula is C20H30ClN. The number of nitrogens with zero attached hydrogens (tertiary/aromatic N) is 1. The first-order valence-electron chi connectivity index (χ1n) is 9.04. The van der Waals surface area contributed by atoms with Gasteiger partial charge in [-0.15, -0.1) is 0 Å². The largest absolute Gasteiger partial charge is 0.306 e. The van der Waals surface area contributed by atoms with Crippen LogP contribution in [-0.2, 0) is 5.41 Å². The molecule has 1 atom stereocenters. The Morgan fingerprint density at radius 3 is 2.18 bits per heavy atom. The Morgan fingerprint density at radius 2 is 1.68 bits per heavy atom. The lowest BCUT2D eigenvalue weighted by atomic mass is 9.58. The molecule has 1 nitrogen and oxygen atoms in total. The van der Waals surface area contributed by atoms with E-state index in [0.717, 1.165) is 10.9 Å². The zero-order valence-electron chi connectivity index (χ0n) is 14.2. The van der Waals surface area contributed by atoms with Gasteiger partial charge in [-0.05, 0) is 57.0 Å². The van der Waals surface area contributed by atoms with Gasteiger partial charge >= 0.3 is 0 Å². The van der Waals surface area contributed by atoms with E-state index in [1.165, 1.54) is 63.4 Å². The molecule has 0 N–H and O–H groups in total. The normalized spacial score (nSPS) is 23.3.